The summed E-state index contributed by atoms with van der Waals surface area (Å²) in [4.78, 5) is 16.9. The van der Waals surface area contributed by atoms with Gasteiger partial charge < -0.3 is 30.7 Å². The van der Waals surface area contributed by atoms with Crippen LogP contribution in [0, 0.1) is 5.92 Å². The number of unbranched alkanes of at least 4 members (excludes halogenated alkanes) is 1. The quantitative estimate of drug-likeness (QED) is 0.0455. The predicted molar refractivity (Wildman–Crippen MR) is 193 cm³/mol. The fourth-order valence-corrected chi connectivity index (χ4v) is 6.30. The number of methoxy groups -OCH3 is 1. The van der Waals surface area contributed by atoms with E-state index in [0.717, 1.165) is 59.7 Å². The number of ether oxygens (including phenoxy) is 2. The van der Waals surface area contributed by atoms with Crippen LogP contribution in [-0.2, 0) is 24.2 Å². The zero-order valence-corrected chi connectivity index (χ0v) is 28.0. The summed E-state index contributed by atoms with van der Waals surface area (Å²) in [5.41, 5.74) is 8.88. The standard InChI is InChI=1S/C40H47N3O5/c1-42-39(41)43-34-9-5-8-29(23-34)7-4-3-6-28-18-20-40(46,21-19-28)26-36(45)15-11-30-12-17-37(47-2)38(24-30)48-27-31-10-13-33-25-35(44)16-14-32(33)22-31/h5,8-10,12-14,16-18,20,22-25,28,44,46H,3-4,6-7,11,15,19,21,26-27H2,1-2H3,(H3,41,42,43)/t28-,40-/m0/s1. The first-order chi connectivity index (χ1) is 23.2. The fraction of sp³-hybridized carbons (Fsp3) is 0.350. The number of nitrogens with zero attached hydrogens (tertiary/aromatic N) is 1. The Morgan fingerprint density at radius 1 is 0.958 bits per heavy atom. The number of guanidine groups is 1. The van der Waals surface area contributed by atoms with Crippen molar-refractivity contribution in [2.45, 2.75) is 70.0 Å². The normalized spacial score (nSPS) is 17.7. The van der Waals surface area contributed by atoms with Crippen molar-refractivity contribution < 1.29 is 24.5 Å². The molecule has 0 bridgehead atoms. The average molecular weight is 650 g/mol. The molecule has 8 nitrogen and oxygen atoms in total. The number of benzene rings is 4. The van der Waals surface area contributed by atoms with Gasteiger partial charge in [0.1, 0.15) is 18.1 Å². The molecule has 2 atom stereocenters. The molecule has 4 aromatic rings. The summed E-state index contributed by atoms with van der Waals surface area (Å²) in [5.74, 6) is 2.35. The molecule has 5 N–H and O–H groups in total. The van der Waals surface area contributed by atoms with E-state index in [1.807, 2.05) is 60.7 Å². The molecule has 0 heterocycles. The number of fused-ring (bicyclic) bond motifs is 1. The number of anilines is 1. The Bertz CT molecular complexity index is 1770. The number of carbonyl (C=O) groups is 1. The molecule has 0 saturated carbocycles. The van der Waals surface area contributed by atoms with Gasteiger partial charge in [0.05, 0.1) is 12.7 Å². The van der Waals surface area contributed by atoms with E-state index in [4.69, 9.17) is 15.2 Å². The van der Waals surface area contributed by atoms with Gasteiger partial charge in [0, 0.05) is 25.6 Å². The first-order valence-electron chi connectivity index (χ1n) is 16.7. The number of allylic oxidation sites excluding steroid dienone is 1. The van der Waals surface area contributed by atoms with Crippen molar-refractivity contribution in [1.29, 1.82) is 0 Å². The van der Waals surface area contributed by atoms with Crippen LogP contribution in [0.4, 0.5) is 5.69 Å². The second-order valence-corrected chi connectivity index (χ2v) is 12.8. The number of ketones is 1. The third-order valence-electron chi connectivity index (χ3n) is 9.06. The van der Waals surface area contributed by atoms with Crippen molar-refractivity contribution in [2.75, 3.05) is 19.5 Å². The van der Waals surface area contributed by atoms with E-state index in [0.29, 0.717) is 49.2 Å². The lowest BCUT2D eigenvalue weighted by Crippen LogP contribution is -2.32. The highest BCUT2D eigenvalue weighted by Crippen LogP contribution is 2.33. The van der Waals surface area contributed by atoms with Gasteiger partial charge >= 0.3 is 0 Å². The van der Waals surface area contributed by atoms with Gasteiger partial charge in [-0.05, 0) is 114 Å². The number of hydrogen-bond donors (Lipinski definition) is 4. The van der Waals surface area contributed by atoms with Crippen molar-refractivity contribution in [2.24, 2.45) is 16.6 Å². The van der Waals surface area contributed by atoms with Crippen LogP contribution in [-0.4, -0.2) is 41.7 Å². The number of nitrogens with two attached hydrogens (primary N) is 1. The van der Waals surface area contributed by atoms with Gasteiger partial charge in [-0.15, -0.1) is 0 Å². The van der Waals surface area contributed by atoms with Gasteiger partial charge in [-0.25, -0.2) is 0 Å². The monoisotopic (exact) mass is 649 g/mol. The molecule has 0 saturated heterocycles. The van der Waals surface area contributed by atoms with Crippen molar-refractivity contribution in [3.05, 3.63) is 108 Å². The fourth-order valence-electron chi connectivity index (χ4n) is 6.30. The average Bonchev–Trinajstić information content (AvgIpc) is 3.09. The van der Waals surface area contributed by atoms with Gasteiger partial charge in [0.2, 0.25) is 0 Å². The van der Waals surface area contributed by atoms with E-state index >= 15 is 0 Å². The molecule has 252 valence electrons. The largest absolute Gasteiger partial charge is 0.508 e. The Morgan fingerprint density at radius 3 is 2.54 bits per heavy atom. The van der Waals surface area contributed by atoms with Crippen LogP contribution in [0.25, 0.3) is 10.8 Å². The lowest BCUT2D eigenvalue weighted by atomic mass is 9.80. The number of aliphatic hydroxyl groups is 1. The minimum atomic E-state index is -1.07. The van der Waals surface area contributed by atoms with Crippen LogP contribution in [0.1, 0.15) is 61.6 Å². The van der Waals surface area contributed by atoms with Gasteiger partial charge in [-0.1, -0.05) is 55.0 Å². The second-order valence-electron chi connectivity index (χ2n) is 12.8. The van der Waals surface area contributed by atoms with Gasteiger partial charge in [-0.2, -0.15) is 0 Å². The number of aromatic hydroxyl groups is 1. The second kappa shape index (κ2) is 16.3. The topological polar surface area (TPSA) is 126 Å². The molecule has 5 rings (SSSR count). The molecule has 0 unspecified atom stereocenters. The first-order valence-corrected chi connectivity index (χ1v) is 16.7. The molecule has 8 heteroatoms. The maximum absolute atomic E-state index is 13.0. The number of hydrogen-bond acceptors (Lipinski definition) is 6. The molecule has 1 aliphatic rings. The zero-order chi connectivity index (χ0) is 33.9. The molecule has 4 aromatic carbocycles. The number of aliphatic imine (C=N–C) groups is 1. The lowest BCUT2D eigenvalue weighted by molar-refractivity contribution is -0.122. The Kier molecular flexibility index (Phi) is 11.7. The third-order valence-corrected chi connectivity index (χ3v) is 9.06. The molecular weight excluding hydrogens is 602 g/mol. The number of aryl methyl sites for hydroxylation is 2. The Morgan fingerprint density at radius 2 is 1.75 bits per heavy atom. The van der Waals surface area contributed by atoms with E-state index in [2.05, 4.69) is 28.5 Å². The van der Waals surface area contributed by atoms with Crippen molar-refractivity contribution in [3.8, 4) is 17.2 Å². The predicted octanol–water partition coefficient (Wildman–Crippen LogP) is 7.49. The maximum Gasteiger partial charge on any atom is 0.192 e. The number of Topliss-reactive ketones (excluding diaryl/α,β-unsaturated/α-hetero) is 1. The summed E-state index contributed by atoms with van der Waals surface area (Å²) in [6, 6.07) is 25.3. The molecule has 0 aliphatic heterocycles. The Balaban J connectivity index is 1.05. The van der Waals surface area contributed by atoms with E-state index in [-0.39, 0.29) is 18.0 Å². The van der Waals surface area contributed by atoms with Crippen molar-refractivity contribution in [3.63, 3.8) is 0 Å². The SMILES string of the molecule is CN=C(N)Nc1cccc(CCCC[C@H]2C=C[C@@](O)(CC(=O)CCc3ccc(OC)c(OCc4ccc5cc(O)ccc5c4)c3)CC2)c1. The Hall–Kier alpha value is -4.82. The first kappa shape index (κ1) is 34.5. The molecule has 1 aliphatic carbocycles. The Labute approximate surface area is 283 Å². The molecule has 0 radical (unpaired) electrons. The lowest BCUT2D eigenvalue weighted by Gasteiger charge is -2.30. The van der Waals surface area contributed by atoms with Crippen LogP contribution in [0.5, 0.6) is 17.2 Å². The summed E-state index contributed by atoms with van der Waals surface area (Å²) in [6.45, 7) is 0.354. The molecule has 0 aromatic heterocycles. The van der Waals surface area contributed by atoms with Crippen LogP contribution in [0.15, 0.2) is 96.0 Å². The molecule has 48 heavy (non-hydrogen) atoms. The summed E-state index contributed by atoms with van der Waals surface area (Å²) in [6.07, 6.45) is 10.7. The van der Waals surface area contributed by atoms with E-state index in [1.165, 1.54) is 5.56 Å². The zero-order valence-electron chi connectivity index (χ0n) is 28.0. The summed E-state index contributed by atoms with van der Waals surface area (Å²) >= 11 is 0. The molecule has 0 amide bonds. The minimum Gasteiger partial charge on any atom is -0.508 e. The summed E-state index contributed by atoms with van der Waals surface area (Å²) in [5, 5.41) is 26.0. The number of carbonyl (C=O) groups excluding carboxylic acids is 1. The highest BCUT2D eigenvalue weighted by molar-refractivity contribution is 5.92. The van der Waals surface area contributed by atoms with Crippen molar-refractivity contribution in [1.82, 2.24) is 0 Å². The van der Waals surface area contributed by atoms with Gasteiger partial charge in [-0.3, -0.25) is 9.79 Å². The number of phenols is 1. The number of phenolic OH excluding ortho intramolecular Hbond substituents is 1. The van der Waals surface area contributed by atoms with Crippen LogP contribution >= 0.6 is 0 Å². The molecule has 0 fully saturated rings. The highest BCUT2D eigenvalue weighted by Gasteiger charge is 2.30. The minimum absolute atomic E-state index is 0.0461. The van der Waals surface area contributed by atoms with Crippen molar-refractivity contribution >= 4 is 28.2 Å². The number of nitrogens with one attached hydrogen (secondary N) is 1. The third kappa shape index (κ3) is 9.84. The van der Waals surface area contributed by atoms with Crippen LogP contribution in [0.3, 0.4) is 0 Å². The summed E-state index contributed by atoms with van der Waals surface area (Å²) < 4.78 is 11.7. The van der Waals surface area contributed by atoms with E-state index in [9.17, 15) is 15.0 Å². The molecular formula is C40H47N3O5. The highest BCUT2D eigenvalue weighted by atomic mass is 16.5. The smallest absolute Gasteiger partial charge is 0.192 e. The molecule has 0 spiro atoms. The van der Waals surface area contributed by atoms with E-state index < -0.39 is 5.60 Å². The van der Waals surface area contributed by atoms with Gasteiger partial charge in [0.25, 0.3) is 0 Å². The van der Waals surface area contributed by atoms with Crippen LogP contribution in [0.2, 0.25) is 0 Å². The number of rotatable bonds is 15. The summed E-state index contributed by atoms with van der Waals surface area (Å²) in [7, 11) is 3.27. The van der Waals surface area contributed by atoms with Gasteiger partial charge in [0.15, 0.2) is 17.5 Å². The van der Waals surface area contributed by atoms with Crippen LogP contribution < -0.4 is 20.5 Å². The van der Waals surface area contributed by atoms with E-state index in [1.54, 1.807) is 26.3 Å². The maximum atomic E-state index is 13.0.